The van der Waals surface area contributed by atoms with Gasteiger partial charge in [-0.3, -0.25) is 0 Å². The van der Waals surface area contributed by atoms with Crippen molar-refractivity contribution in [3.05, 3.63) is 0 Å². The van der Waals surface area contributed by atoms with Gasteiger partial charge < -0.3 is 9.47 Å². The van der Waals surface area contributed by atoms with Crippen LogP contribution in [0.25, 0.3) is 0 Å². The predicted octanol–water partition coefficient (Wildman–Crippen LogP) is 2.47. The van der Waals surface area contributed by atoms with Crippen LogP contribution in [-0.2, 0) is 9.47 Å². The van der Waals surface area contributed by atoms with Gasteiger partial charge in [0, 0.05) is 20.6 Å². The van der Waals surface area contributed by atoms with E-state index in [2.05, 4.69) is 27.7 Å². The van der Waals surface area contributed by atoms with Crippen LogP contribution >= 0.6 is 0 Å². The molecule has 0 N–H and O–H groups in total. The van der Waals surface area contributed by atoms with Crippen molar-refractivity contribution in [3.63, 3.8) is 0 Å². The van der Waals surface area contributed by atoms with E-state index in [0.29, 0.717) is 12.0 Å². The maximum Gasteiger partial charge on any atom is 0.0647 e. The average Bonchev–Trinajstić information content (AvgIpc) is 2.00. The summed E-state index contributed by atoms with van der Waals surface area (Å²) in [7, 11) is 3.50. The molecule has 1 unspecified atom stereocenters. The summed E-state index contributed by atoms with van der Waals surface area (Å²) in [6.07, 6.45) is 1.23. The molecule has 0 saturated heterocycles. The molecule has 0 aromatic rings. The van der Waals surface area contributed by atoms with Crippen molar-refractivity contribution in [1.82, 2.24) is 0 Å². The number of methoxy groups -OCH3 is 2. The third-order valence-electron chi connectivity index (χ3n) is 2.29. The van der Waals surface area contributed by atoms with Crippen LogP contribution in [0.15, 0.2) is 0 Å². The van der Waals surface area contributed by atoms with Crippen molar-refractivity contribution in [2.75, 3.05) is 14.2 Å². The Kier molecular flexibility index (Phi) is 4.80. The summed E-state index contributed by atoms with van der Waals surface area (Å²) in [5.74, 6) is 0.546. The number of hydrogen-bond acceptors (Lipinski definition) is 2. The van der Waals surface area contributed by atoms with Gasteiger partial charge in [-0.2, -0.15) is 0 Å². The van der Waals surface area contributed by atoms with Gasteiger partial charge in [-0.1, -0.05) is 13.8 Å². The second kappa shape index (κ2) is 4.83. The molecule has 0 saturated carbocycles. The van der Waals surface area contributed by atoms with E-state index < -0.39 is 0 Å². The van der Waals surface area contributed by atoms with Gasteiger partial charge in [-0.25, -0.2) is 0 Å². The van der Waals surface area contributed by atoms with Gasteiger partial charge >= 0.3 is 0 Å². The Labute approximate surface area is 76.3 Å². The molecular weight excluding hydrogens is 152 g/mol. The van der Waals surface area contributed by atoms with E-state index in [-0.39, 0.29) is 5.60 Å². The number of ether oxygens (including phenoxy) is 2. The molecule has 0 aliphatic rings. The van der Waals surface area contributed by atoms with Crippen LogP contribution in [0.5, 0.6) is 0 Å². The third kappa shape index (κ3) is 4.07. The van der Waals surface area contributed by atoms with Crippen LogP contribution in [0.1, 0.15) is 34.1 Å². The summed E-state index contributed by atoms with van der Waals surface area (Å²) < 4.78 is 10.7. The molecule has 0 heterocycles. The zero-order chi connectivity index (χ0) is 9.78. The fourth-order valence-corrected chi connectivity index (χ4v) is 1.16. The van der Waals surface area contributed by atoms with Crippen molar-refractivity contribution in [2.24, 2.45) is 5.92 Å². The third-order valence-corrected chi connectivity index (χ3v) is 2.29. The summed E-state index contributed by atoms with van der Waals surface area (Å²) in [6, 6.07) is 0. The molecule has 0 radical (unpaired) electrons. The van der Waals surface area contributed by atoms with Crippen LogP contribution < -0.4 is 0 Å². The molecule has 0 rings (SSSR count). The Hall–Kier alpha value is -0.0800. The summed E-state index contributed by atoms with van der Waals surface area (Å²) in [6.45, 7) is 8.50. The van der Waals surface area contributed by atoms with Crippen LogP contribution in [0.3, 0.4) is 0 Å². The van der Waals surface area contributed by atoms with Crippen LogP contribution in [0.2, 0.25) is 0 Å². The Morgan fingerprint density at radius 2 is 1.67 bits per heavy atom. The lowest BCUT2D eigenvalue weighted by Gasteiger charge is -2.29. The first kappa shape index (κ1) is 11.9. The highest BCUT2D eigenvalue weighted by Crippen LogP contribution is 2.21. The normalized spacial score (nSPS) is 15.2. The van der Waals surface area contributed by atoms with E-state index in [4.69, 9.17) is 9.47 Å². The molecule has 2 heteroatoms. The standard InChI is InChI=1S/C10H22O2/c1-8(2)9(11-5)7-10(3,4)12-6/h8-9H,7H2,1-6H3. The average molecular weight is 174 g/mol. The minimum Gasteiger partial charge on any atom is -0.381 e. The zero-order valence-corrected chi connectivity index (χ0v) is 9.18. The van der Waals surface area contributed by atoms with Crippen LogP contribution in [-0.4, -0.2) is 25.9 Å². The zero-order valence-electron chi connectivity index (χ0n) is 9.18. The Morgan fingerprint density at radius 3 is 1.92 bits per heavy atom. The monoisotopic (exact) mass is 174 g/mol. The van der Waals surface area contributed by atoms with Crippen molar-refractivity contribution < 1.29 is 9.47 Å². The molecule has 0 aliphatic carbocycles. The Bertz CT molecular complexity index is 119. The van der Waals surface area contributed by atoms with Crippen molar-refractivity contribution in [2.45, 2.75) is 45.8 Å². The quantitative estimate of drug-likeness (QED) is 0.637. The molecule has 0 amide bonds. The van der Waals surface area contributed by atoms with Crippen LogP contribution in [0.4, 0.5) is 0 Å². The van der Waals surface area contributed by atoms with E-state index in [1.807, 2.05) is 0 Å². The molecule has 74 valence electrons. The molecule has 0 spiro atoms. The molecule has 1 atom stereocenters. The highest BCUT2D eigenvalue weighted by atomic mass is 16.5. The second-order valence-corrected chi connectivity index (χ2v) is 4.19. The molecule has 0 aromatic carbocycles. The molecule has 0 fully saturated rings. The van der Waals surface area contributed by atoms with E-state index in [1.165, 1.54) is 0 Å². The van der Waals surface area contributed by atoms with E-state index in [1.54, 1.807) is 14.2 Å². The van der Waals surface area contributed by atoms with Gasteiger partial charge in [-0.05, 0) is 19.8 Å². The number of hydrogen-bond donors (Lipinski definition) is 0. The van der Waals surface area contributed by atoms with Crippen molar-refractivity contribution in [3.8, 4) is 0 Å². The van der Waals surface area contributed by atoms with E-state index >= 15 is 0 Å². The summed E-state index contributed by atoms with van der Waals surface area (Å²) in [5.41, 5.74) is -0.0784. The van der Waals surface area contributed by atoms with Crippen molar-refractivity contribution >= 4 is 0 Å². The van der Waals surface area contributed by atoms with Gasteiger partial charge in [0.1, 0.15) is 0 Å². The lowest BCUT2D eigenvalue weighted by Crippen LogP contribution is -2.32. The lowest BCUT2D eigenvalue weighted by molar-refractivity contribution is -0.0446. The molecule has 12 heavy (non-hydrogen) atoms. The molecule has 0 aromatic heterocycles. The molecular formula is C10H22O2. The predicted molar refractivity (Wildman–Crippen MR) is 51.3 cm³/mol. The van der Waals surface area contributed by atoms with E-state index in [9.17, 15) is 0 Å². The van der Waals surface area contributed by atoms with Crippen LogP contribution in [0, 0.1) is 5.92 Å². The fraction of sp³-hybridized carbons (Fsp3) is 1.00. The Balaban J connectivity index is 4.01. The first-order chi connectivity index (χ1) is 5.43. The molecule has 0 bridgehead atoms. The second-order valence-electron chi connectivity index (χ2n) is 4.19. The van der Waals surface area contributed by atoms with Crippen molar-refractivity contribution in [1.29, 1.82) is 0 Å². The highest BCUT2D eigenvalue weighted by molar-refractivity contribution is 4.75. The maximum atomic E-state index is 5.37. The topological polar surface area (TPSA) is 18.5 Å². The van der Waals surface area contributed by atoms with Gasteiger partial charge in [0.05, 0.1) is 11.7 Å². The SMILES string of the molecule is COC(CC(C)(C)OC)C(C)C. The van der Waals surface area contributed by atoms with Gasteiger partial charge in [0.2, 0.25) is 0 Å². The first-order valence-electron chi connectivity index (χ1n) is 4.51. The first-order valence-corrected chi connectivity index (χ1v) is 4.51. The van der Waals surface area contributed by atoms with Gasteiger partial charge in [0.15, 0.2) is 0 Å². The van der Waals surface area contributed by atoms with Gasteiger partial charge in [-0.15, -0.1) is 0 Å². The minimum absolute atomic E-state index is 0.0784. The largest absolute Gasteiger partial charge is 0.381 e. The molecule has 0 aliphatic heterocycles. The fourth-order valence-electron chi connectivity index (χ4n) is 1.16. The Morgan fingerprint density at radius 1 is 1.17 bits per heavy atom. The molecule has 2 nitrogen and oxygen atoms in total. The summed E-state index contributed by atoms with van der Waals surface area (Å²) in [5, 5.41) is 0. The summed E-state index contributed by atoms with van der Waals surface area (Å²) in [4.78, 5) is 0. The number of rotatable bonds is 5. The summed E-state index contributed by atoms with van der Waals surface area (Å²) >= 11 is 0. The lowest BCUT2D eigenvalue weighted by atomic mass is 9.94. The minimum atomic E-state index is -0.0784. The smallest absolute Gasteiger partial charge is 0.0647 e. The maximum absolute atomic E-state index is 5.37. The van der Waals surface area contributed by atoms with Gasteiger partial charge in [0.25, 0.3) is 0 Å². The highest BCUT2D eigenvalue weighted by Gasteiger charge is 2.24. The van der Waals surface area contributed by atoms with E-state index in [0.717, 1.165) is 6.42 Å².